The van der Waals surface area contributed by atoms with Crippen molar-refractivity contribution in [3.63, 3.8) is 0 Å². The summed E-state index contributed by atoms with van der Waals surface area (Å²) < 4.78 is 0. The zero-order valence-electron chi connectivity index (χ0n) is 13.6. The van der Waals surface area contributed by atoms with E-state index in [1.54, 1.807) is 0 Å². The van der Waals surface area contributed by atoms with Crippen LogP contribution in [0.1, 0.15) is 38.2 Å². The standard InChI is InChI=1S/C17H30N4/c1-15-8-7-9-19-17(15)20-11-10-18-16(2)14-21-12-5-3-4-6-13-21/h7-9,16,18H,3-6,10-14H2,1-2H3,(H,19,20)/t16-/m0/s1. The number of nitrogens with one attached hydrogen (secondary N) is 2. The van der Waals surface area contributed by atoms with Gasteiger partial charge in [0, 0.05) is 31.9 Å². The molecular weight excluding hydrogens is 260 g/mol. The van der Waals surface area contributed by atoms with Gasteiger partial charge < -0.3 is 15.5 Å². The Labute approximate surface area is 129 Å². The number of aromatic nitrogens is 1. The second-order valence-corrected chi connectivity index (χ2v) is 6.17. The van der Waals surface area contributed by atoms with Gasteiger partial charge in [-0.3, -0.25) is 0 Å². The predicted molar refractivity (Wildman–Crippen MR) is 89.8 cm³/mol. The highest BCUT2D eigenvalue weighted by molar-refractivity contribution is 5.42. The van der Waals surface area contributed by atoms with Crippen LogP contribution >= 0.6 is 0 Å². The second-order valence-electron chi connectivity index (χ2n) is 6.17. The zero-order valence-corrected chi connectivity index (χ0v) is 13.6. The Balaban J connectivity index is 1.60. The first-order chi connectivity index (χ1) is 10.3. The molecule has 0 aliphatic carbocycles. The molecule has 4 heteroatoms. The number of likely N-dealkylation sites (tertiary alicyclic amines) is 1. The Kier molecular flexibility index (Phi) is 6.96. The normalized spacial score (nSPS) is 18.2. The highest BCUT2D eigenvalue weighted by Gasteiger charge is 2.11. The SMILES string of the molecule is Cc1cccnc1NCCN[C@@H](C)CN1CCCCCC1. The first-order valence-corrected chi connectivity index (χ1v) is 8.37. The molecule has 0 bridgehead atoms. The van der Waals surface area contributed by atoms with E-state index in [0.29, 0.717) is 6.04 Å². The van der Waals surface area contributed by atoms with Crippen LogP contribution in [0.15, 0.2) is 18.3 Å². The number of hydrogen-bond donors (Lipinski definition) is 2. The lowest BCUT2D eigenvalue weighted by Gasteiger charge is -2.24. The van der Waals surface area contributed by atoms with Crippen LogP contribution in [-0.2, 0) is 0 Å². The Bertz CT molecular complexity index is 400. The first-order valence-electron chi connectivity index (χ1n) is 8.37. The Morgan fingerprint density at radius 2 is 1.95 bits per heavy atom. The summed E-state index contributed by atoms with van der Waals surface area (Å²) in [4.78, 5) is 6.96. The number of nitrogens with zero attached hydrogens (tertiary/aromatic N) is 2. The van der Waals surface area contributed by atoms with E-state index in [9.17, 15) is 0 Å². The summed E-state index contributed by atoms with van der Waals surface area (Å²) in [6.45, 7) is 9.99. The van der Waals surface area contributed by atoms with Crippen molar-refractivity contribution < 1.29 is 0 Å². The van der Waals surface area contributed by atoms with Crippen LogP contribution < -0.4 is 10.6 Å². The van der Waals surface area contributed by atoms with Gasteiger partial charge in [0.1, 0.15) is 5.82 Å². The molecule has 0 amide bonds. The quantitative estimate of drug-likeness (QED) is 0.758. The smallest absolute Gasteiger partial charge is 0.128 e. The molecule has 1 atom stereocenters. The van der Waals surface area contributed by atoms with Crippen molar-refractivity contribution >= 4 is 5.82 Å². The van der Waals surface area contributed by atoms with Crippen LogP contribution in [0.5, 0.6) is 0 Å². The van der Waals surface area contributed by atoms with Crippen molar-refractivity contribution in [1.82, 2.24) is 15.2 Å². The molecule has 1 aromatic heterocycles. The van der Waals surface area contributed by atoms with Gasteiger partial charge >= 0.3 is 0 Å². The first kappa shape index (κ1) is 16.2. The summed E-state index contributed by atoms with van der Waals surface area (Å²) in [7, 11) is 0. The van der Waals surface area contributed by atoms with Crippen LogP contribution in [0.3, 0.4) is 0 Å². The van der Waals surface area contributed by atoms with Gasteiger partial charge in [-0.1, -0.05) is 18.9 Å². The predicted octanol–water partition coefficient (Wildman–Crippen LogP) is 2.66. The molecule has 118 valence electrons. The molecule has 21 heavy (non-hydrogen) atoms. The summed E-state index contributed by atoms with van der Waals surface area (Å²) in [5.74, 6) is 1.000. The summed E-state index contributed by atoms with van der Waals surface area (Å²) >= 11 is 0. The average Bonchev–Trinajstić information content (AvgIpc) is 2.74. The fourth-order valence-electron chi connectivity index (χ4n) is 2.94. The fraction of sp³-hybridized carbons (Fsp3) is 0.706. The van der Waals surface area contributed by atoms with Crippen molar-refractivity contribution in [2.45, 2.75) is 45.6 Å². The van der Waals surface area contributed by atoms with Gasteiger partial charge in [0.2, 0.25) is 0 Å². The van der Waals surface area contributed by atoms with Crippen LogP contribution in [0, 0.1) is 6.92 Å². The molecule has 2 rings (SSSR count). The van der Waals surface area contributed by atoms with Gasteiger partial charge in [-0.15, -0.1) is 0 Å². The third kappa shape index (κ3) is 6.02. The second kappa shape index (κ2) is 9.00. The minimum Gasteiger partial charge on any atom is -0.369 e. The van der Waals surface area contributed by atoms with E-state index in [2.05, 4.69) is 40.4 Å². The third-order valence-corrected chi connectivity index (χ3v) is 4.15. The van der Waals surface area contributed by atoms with Gasteiger partial charge in [0.25, 0.3) is 0 Å². The molecule has 1 aromatic rings. The monoisotopic (exact) mass is 290 g/mol. The lowest BCUT2D eigenvalue weighted by atomic mass is 10.2. The molecule has 0 aromatic carbocycles. The van der Waals surface area contributed by atoms with E-state index in [4.69, 9.17) is 0 Å². The lowest BCUT2D eigenvalue weighted by molar-refractivity contribution is 0.257. The molecule has 2 heterocycles. The minimum absolute atomic E-state index is 0.551. The zero-order chi connectivity index (χ0) is 14.9. The number of rotatable bonds is 7. The topological polar surface area (TPSA) is 40.2 Å². The largest absolute Gasteiger partial charge is 0.369 e. The van der Waals surface area contributed by atoms with E-state index in [-0.39, 0.29) is 0 Å². The summed E-state index contributed by atoms with van der Waals surface area (Å²) in [6.07, 6.45) is 7.39. The van der Waals surface area contributed by atoms with E-state index < -0.39 is 0 Å². The molecular formula is C17H30N4. The van der Waals surface area contributed by atoms with E-state index in [1.807, 2.05) is 12.3 Å². The molecule has 1 fully saturated rings. The van der Waals surface area contributed by atoms with Crippen LogP contribution in [0.2, 0.25) is 0 Å². The van der Waals surface area contributed by atoms with E-state index in [1.165, 1.54) is 50.9 Å². The Morgan fingerprint density at radius 3 is 2.67 bits per heavy atom. The number of hydrogen-bond acceptors (Lipinski definition) is 4. The van der Waals surface area contributed by atoms with Crippen LogP contribution in [0.4, 0.5) is 5.82 Å². The molecule has 1 aliphatic heterocycles. The molecule has 0 radical (unpaired) electrons. The van der Waals surface area contributed by atoms with Gasteiger partial charge in [-0.25, -0.2) is 4.98 Å². The van der Waals surface area contributed by atoms with Crippen LogP contribution in [0.25, 0.3) is 0 Å². The van der Waals surface area contributed by atoms with E-state index in [0.717, 1.165) is 18.9 Å². The maximum Gasteiger partial charge on any atom is 0.128 e. The average molecular weight is 290 g/mol. The minimum atomic E-state index is 0.551. The highest BCUT2D eigenvalue weighted by Crippen LogP contribution is 2.10. The Hall–Kier alpha value is -1.13. The summed E-state index contributed by atoms with van der Waals surface area (Å²) in [5, 5.41) is 7.00. The van der Waals surface area contributed by atoms with Gasteiger partial charge in [0.05, 0.1) is 0 Å². The molecule has 0 spiro atoms. The van der Waals surface area contributed by atoms with Crippen molar-refractivity contribution in [2.75, 3.05) is 38.0 Å². The maximum atomic E-state index is 4.35. The molecule has 1 aliphatic rings. The van der Waals surface area contributed by atoms with Crippen molar-refractivity contribution in [3.8, 4) is 0 Å². The summed E-state index contributed by atoms with van der Waals surface area (Å²) in [5.41, 5.74) is 1.20. The molecule has 0 saturated carbocycles. The molecule has 0 unspecified atom stereocenters. The van der Waals surface area contributed by atoms with Gasteiger partial charge in [0.15, 0.2) is 0 Å². The number of aryl methyl sites for hydroxylation is 1. The van der Waals surface area contributed by atoms with Crippen molar-refractivity contribution in [2.24, 2.45) is 0 Å². The van der Waals surface area contributed by atoms with Crippen molar-refractivity contribution in [3.05, 3.63) is 23.9 Å². The van der Waals surface area contributed by atoms with Gasteiger partial charge in [-0.05, 0) is 51.4 Å². The maximum absolute atomic E-state index is 4.35. The number of pyridine rings is 1. The number of anilines is 1. The van der Waals surface area contributed by atoms with E-state index >= 15 is 0 Å². The summed E-state index contributed by atoms with van der Waals surface area (Å²) in [6, 6.07) is 4.61. The highest BCUT2D eigenvalue weighted by atomic mass is 15.1. The van der Waals surface area contributed by atoms with Crippen LogP contribution in [-0.4, -0.2) is 48.6 Å². The third-order valence-electron chi connectivity index (χ3n) is 4.15. The Morgan fingerprint density at radius 1 is 1.19 bits per heavy atom. The molecule has 2 N–H and O–H groups in total. The van der Waals surface area contributed by atoms with Crippen molar-refractivity contribution in [1.29, 1.82) is 0 Å². The van der Waals surface area contributed by atoms with Gasteiger partial charge in [-0.2, -0.15) is 0 Å². The fourth-order valence-corrected chi connectivity index (χ4v) is 2.94. The molecule has 4 nitrogen and oxygen atoms in total. The lowest BCUT2D eigenvalue weighted by Crippen LogP contribution is -2.41. The molecule has 1 saturated heterocycles.